The molecule has 0 heterocycles. The average molecular weight is 354 g/mol. The van der Waals surface area contributed by atoms with Crippen LogP contribution in [0.15, 0.2) is 6.07 Å². The second-order valence-corrected chi connectivity index (χ2v) is 8.72. The molecule has 0 bridgehead atoms. The van der Waals surface area contributed by atoms with Gasteiger partial charge in [-0.15, -0.1) is 0 Å². The van der Waals surface area contributed by atoms with Crippen molar-refractivity contribution >= 4 is 0 Å². The molecule has 0 unspecified atom stereocenters. The van der Waals surface area contributed by atoms with Crippen LogP contribution in [-0.2, 0) is 22.4 Å². The van der Waals surface area contributed by atoms with Gasteiger partial charge in [0.1, 0.15) is 5.75 Å². The first kappa shape index (κ1) is 21.9. The lowest BCUT2D eigenvalue weighted by Gasteiger charge is -2.37. The number of rotatable bonds is 6. The maximum Gasteiger partial charge on any atom is 0.132 e. The van der Waals surface area contributed by atoms with Crippen LogP contribution in [0.3, 0.4) is 0 Å². The molecule has 1 aromatic carbocycles. The van der Waals surface area contributed by atoms with Gasteiger partial charge in [-0.2, -0.15) is 0 Å². The first-order chi connectivity index (χ1) is 10.9. The van der Waals surface area contributed by atoms with Crippen LogP contribution in [0.5, 0.6) is 5.75 Å². The average Bonchev–Trinajstić information content (AvgIpc) is 2.32. The highest BCUT2D eigenvalue weighted by molar-refractivity contribution is 5.58. The Morgan fingerprint density at radius 3 is 1.20 bits per heavy atom. The molecular formula is C20H34O5. The molecule has 5 heteroatoms. The Labute approximate surface area is 151 Å². The van der Waals surface area contributed by atoms with Crippen molar-refractivity contribution in [1.29, 1.82) is 0 Å². The molecule has 0 aliphatic rings. The van der Waals surface area contributed by atoms with Gasteiger partial charge in [0, 0.05) is 11.1 Å². The van der Waals surface area contributed by atoms with Gasteiger partial charge in [-0.05, 0) is 79.5 Å². The molecule has 0 radical (unpaired) electrons. The second-order valence-electron chi connectivity index (χ2n) is 8.72. The van der Waals surface area contributed by atoms with E-state index >= 15 is 0 Å². The van der Waals surface area contributed by atoms with Gasteiger partial charge in [0.15, 0.2) is 0 Å². The van der Waals surface area contributed by atoms with E-state index in [1.807, 2.05) is 6.92 Å². The first-order valence-electron chi connectivity index (χ1n) is 8.67. The third-order valence-corrected chi connectivity index (χ3v) is 4.11. The summed E-state index contributed by atoms with van der Waals surface area (Å²) in [5.41, 5.74) is -3.48. The van der Waals surface area contributed by atoms with E-state index in [4.69, 9.17) is 4.74 Å². The van der Waals surface area contributed by atoms with Crippen LogP contribution in [0.2, 0.25) is 0 Å². The SMILES string of the molecule is CCOc1c(C(C)(C)O)c(C(C)(C)O)cc(C(C)(C)O)c1C(C)(C)O. The minimum absolute atomic E-state index is 0.305. The number of aliphatic hydroxyl groups is 4. The van der Waals surface area contributed by atoms with Gasteiger partial charge in [0.25, 0.3) is 0 Å². The van der Waals surface area contributed by atoms with Crippen molar-refractivity contribution in [2.24, 2.45) is 0 Å². The summed E-state index contributed by atoms with van der Waals surface area (Å²) in [6, 6.07) is 1.66. The fourth-order valence-corrected chi connectivity index (χ4v) is 3.13. The van der Waals surface area contributed by atoms with Crippen LogP contribution in [0.4, 0.5) is 0 Å². The maximum absolute atomic E-state index is 10.8. The predicted molar refractivity (Wildman–Crippen MR) is 98.6 cm³/mol. The summed E-state index contributed by atoms with van der Waals surface area (Å²) < 4.78 is 5.85. The molecule has 0 saturated carbocycles. The minimum atomic E-state index is -1.32. The van der Waals surface area contributed by atoms with Crippen LogP contribution in [0.25, 0.3) is 0 Å². The zero-order valence-corrected chi connectivity index (χ0v) is 17.0. The molecule has 25 heavy (non-hydrogen) atoms. The topological polar surface area (TPSA) is 90.2 Å². The Morgan fingerprint density at radius 2 is 1.00 bits per heavy atom. The molecule has 0 aliphatic heterocycles. The molecule has 0 aromatic heterocycles. The fourth-order valence-electron chi connectivity index (χ4n) is 3.13. The van der Waals surface area contributed by atoms with Crippen LogP contribution < -0.4 is 4.74 Å². The normalized spacial score (nSPS) is 14.0. The first-order valence-corrected chi connectivity index (χ1v) is 8.67. The summed E-state index contributed by atoms with van der Waals surface area (Å²) in [5.74, 6) is 0.305. The lowest BCUT2D eigenvalue weighted by molar-refractivity contribution is 0.0369. The minimum Gasteiger partial charge on any atom is -0.493 e. The fraction of sp³-hybridized carbons (Fsp3) is 0.700. The third kappa shape index (κ3) is 4.73. The Hall–Kier alpha value is -1.14. The summed E-state index contributed by atoms with van der Waals surface area (Å²) in [5, 5.41) is 43.0. The third-order valence-electron chi connectivity index (χ3n) is 4.11. The van der Waals surface area contributed by atoms with Gasteiger partial charge in [-0.3, -0.25) is 0 Å². The van der Waals surface area contributed by atoms with Gasteiger partial charge >= 0.3 is 0 Å². The number of hydrogen-bond acceptors (Lipinski definition) is 5. The van der Waals surface area contributed by atoms with Crippen molar-refractivity contribution in [3.8, 4) is 5.75 Å². The quantitative estimate of drug-likeness (QED) is 0.630. The summed E-state index contributed by atoms with van der Waals surface area (Å²) in [6.07, 6.45) is 0. The van der Waals surface area contributed by atoms with Gasteiger partial charge < -0.3 is 25.2 Å². The zero-order chi connectivity index (χ0) is 20.0. The predicted octanol–water partition coefficient (Wildman–Crippen LogP) is 2.99. The maximum atomic E-state index is 10.8. The Balaban J connectivity index is 4.21. The summed E-state index contributed by atoms with van der Waals surface area (Å²) in [4.78, 5) is 0. The van der Waals surface area contributed by atoms with Crippen molar-refractivity contribution in [3.63, 3.8) is 0 Å². The van der Waals surface area contributed by atoms with E-state index < -0.39 is 22.4 Å². The Morgan fingerprint density at radius 1 is 0.680 bits per heavy atom. The van der Waals surface area contributed by atoms with E-state index in [2.05, 4.69) is 0 Å². The summed E-state index contributed by atoms with van der Waals surface area (Å²) in [7, 11) is 0. The van der Waals surface area contributed by atoms with E-state index in [1.165, 1.54) is 0 Å². The van der Waals surface area contributed by atoms with Gasteiger partial charge in [0.05, 0.1) is 29.0 Å². The van der Waals surface area contributed by atoms with Gasteiger partial charge in [-0.1, -0.05) is 0 Å². The van der Waals surface area contributed by atoms with Crippen molar-refractivity contribution in [2.45, 2.75) is 84.7 Å². The van der Waals surface area contributed by atoms with Crippen LogP contribution >= 0.6 is 0 Å². The molecular weight excluding hydrogens is 320 g/mol. The number of ether oxygens (including phenoxy) is 1. The standard InChI is InChI=1S/C20H34O5/c1-10-25-16-14(19(6,7)23)12(17(2,3)21)11-13(18(4,5)22)15(16)20(8,9)24/h11,21-24H,10H2,1-9H3. The van der Waals surface area contributed by atoms with E-state index in [0.717, 1.165) is 0 Å². The largest absolute Gasteiger partial charge is 0.493 e. The highest BCUT2D eigenvalue weighted by Crippen LogP contribution is 2.47. The molecule has 0 saturated heterocycles. The molecule has 0 spiro atoms. The van der Waals surface area contributed by atoms with Crippen molar-refractivity contribution in [1.82, 2.24) is 0 Å². The van der Waals surface area contributed by atoms with Crippen LogP contribution in [-0.4, -0.2) is 27.0 Å². The summed E-state index contributed by atoms with van der Waals surface area (Å²) >= 11 is 0. The van der Waals surface area contributed by atoms with E-state index in [9.17, 15) is 20.4 Å². The van der Waals surface area contributed by atoms with Gasteiger partial charge in [-0.25, -0.2) is 0 Å². The Kier molecular flexibility index (Phi) is 5.73. The monoisotopic (exact) mass is 354 g/mol. The van der Waals surface area contributed by atoms with E-state index in [-0.39, 0.29) is 0 Å². The zero-order valence-electron chi connectivity index (χ0n) is 17.0. The lowest BCUT2D eigenvalue weighted by atomic mass is 9.75. The molecule has 4 N–H and O–H groups in total. The summed E-state index contributed by atoms with van der Waals surface area (Å²) in [6.45, 7) is 15.0. The van der Waals surface area contributed by atoms with E-state index in [0.29, 0.717) is 34.6 Å². The van der Waals surface area contributed by atoms with Crippen molar-refractivity contribution in [2.75, 3.05) is 6.61 Å². The Bertz CT molecular complexity index is 570. The molecule has 0 atom stereocenters. The van der Waals surface area contributed by atoms with Gasteiger partial charge in [0.2, 0.25) is 0 Å². The highest BCUT2D eigenvalue weighted by atomic mass is 16.5. The molecule has 0 fully saturated rings. The van der Waals surface area contributed by atoms with E-state index in [1.54, 1.807) is 61.5 Å². The highest BCUT2D eigenvalue weighted by Gasteiger charge is 2.40. The molecule has 5 nitrogen and oxygen atoms in total. The number of hydrogen-bond donors (Lipinski definition) is 4. The molecule has 0 amide bonds. The smallest absolute Gasteiger partial charge is 0.132 e. The molecule has 0 aliphatic carbocycles. The van der Waals surface area contributed by atoms with Crippen molar-refractivity contribution in [3.05, 3.63) is 28.3 Å². The van der Waals surface area contributed by atoms with Crippen molar-refractivity contribution < 1.29 is 25.2 Å². The number of benzene rings is 1. The molecule has 1 rings (SSSR count). The molecule has 1 aromatic rings. The van der Waals surface area contributed by atoms with Crippen LogP contribution in [0, 0.1) is 0 Å². The molecule has 144 valence electrons. The lowest BCUT2D eigenvalue weighted by Crippen LogP contribution is -2.33. The van der Waals surface area contributed by atoms with Crippen LogP contribution in [0.1, 0.15) is 84.6 Å². The second kappa shape index (κ2) is 6.54.